The zero-order valence-corrected chi connectivity index (χ0v) is 19.6. The molecule has 0 saturated carbocycles. The molecule has 0 atom stereocenters. The van der Waals surface area contributed by atoms with E-state index in [1.165, 1.54) is 11.3 Å². The van der Waals surface area contributed by atoms with Gasteiger partial charge in [0.05, 0.1) is 17.8 Å². The number of anilines is 1. The first-order valence-electron chi connectivity index (χ1n) is 11.0. The number of nitrogens with one attached hydrogen (secondary N) is 1. The van der Waals surface area contributed by atoms with Crippen molar-refractivity contribution in [3.63, 3.8) is 0 Å². The fourth-order valence-corrected chi connectivity index (χ4v) is 5.13. The van der Waals surface area contributed by atoms with E-state index in [9.17, 15) is 9.59 Å². The first-order valence-corrected chi connectivity index (χ1v) is 11.8. The molecule has 2 aromatic carbocycles. The topological polar surface area (TPSA) is 110 Å². The van der Waals surface area contributed by atoms with Crippen LogP contribution < -0.4 is 10.1 Å². The molecule has 1 fully saturated rings. The van der Waals surface area contributed by atoms with Crippen LogP contribution >= 0.6 is 11.3 Å². The standard InChI is InChI=1S/C24H23N5O4S/c1-14-4-3-5-20(32-2)21(14)26-22(30)19-13-34-23(25-19)15-8-10-29(11-9-15)24(31)16-6-7-17-18(12-16)28-33-27-17/h3-7,12-13,15H,8-11H2,1-2H3,(H,26,30). The van der Waals surface area contributed by atoms with Crippen LogP contribution in [0.25, 0.3) is 11.0 Å². The summed E-state index contributed by atoms with van der Waals surface area (Å²) in [7, 11) is 1.58. The highest BCUT2D eigenvalue weighted by atomic mass is 32.1. The molecule has 1 aliphatic rings. The Morgan fingerprint density at radius 3 is 2.74 bits per heavy atom. The molecule has 2 amide bonds. The zero-order chi connectivity index (χ0) is 23.7. The lowest BCUT2D eigenvalue weighted by atomic mass is 9.97. The number of fused-ring (bicyclic) bond motifs is 1. The van der Waals surface area contributed by atoms with Gasteiger partial charge >= 0.3 is 0 Å². The third-order valence-electron chi connectivity index (χ3n) is 6.08. The Bertz CT molecular complexity index is 1360. The number of hydrogen-bond acceptors (Lipinski definition) is 8. The Morgan fingerprint density at radius 1 is 1.15 bits per heavy atom. The molecule has 9 nitrogen and oxygen atoms in total. The van der Waals surface area contributed by atoms with Crippen LogP contribution in [0.15, 0.2) is 46.4 Å². The number of thiazole rings is 1. The fraction of sp³-hybridized carbons (Fsp3) is 0.292. The minimum absolute atomic E-state index is 0.0327. The molecule has 5 rings (SSSR count). The van der Waals surface area contributed by atoms with E-state index < -0.39 is 0 Å². The van der Waals surface area contributed by atoms with Crippen LogP contribution in [-0.4, -0.2) is 52.2 Å². The second-order valence-electron chi connectivity index (χ2n) is 8.21. The van der Waals surface area contributed by atoms with Gasteiger partial charge in [-0.1, -0.05) is 12.1 Å². The third kappa shape index (κ3) is 4.24. The molecule has 0 unspecified atom stereocenters. The summed E-state index contributed by atoms with van der Waals surface area (Å²) in [4.78, 5) is 32.2. The Hall–Kier alpha value is -3.79. The number of carbonyl (C=O) groups excluding carboxylic acids is 2. The number of aryl methyl sites for hydroxylation is 1. The van der Waals surface area contributed by atoms with Crippen LogP contribution in [0.5, 0.6) is 5.75 Å². The van der Waals surface area contributed by atoms with Gasteiger partial charge in [-0.15, -0.1) is 11.3 Å². The van der Waals surface area contributed by atoms with Crippen LogP contribution in [-0.2, 0) is 0 Å². The van der Waals surface area contributed by atoms with Crippen molar-refractivity contribution in [3.05, 3.63) is 63.6 Å². The van der Waals surface area contributed by atoms with Gasteiger partial charge in [0, 0.05) is 30.0 Å². The minimum atomic E-state index is -0.263. The Kier molecular flexibility index (Phi) is 5.97. The number of amides is 2. The zero-order valence-electron chi connectivity index (χ0n) is 18.8. The summed E-state index contributed by atoms with van der Waals surface area (Å²) in [6, 6.07) is 10.8. The first-order chi connectivity index (χ1) is 16.5. The quantitative estimate of drug-likeness (QED) is 0.457. The molecule has 1 aliphatic heterocycles. The van der Waals surface area contributed by atoms with Crippen LogP contribution in [0.1, 0.15) is 50.2 Å². The Labute approximate surface area is 199 Å². The van der Waals surface area contributed by atoms with Gasteiger partial charge in [0.15, 0.2) is 0 Å². The van der Waals surface area contributed by atoms with Crippen molar-refractivity contribution in [1.82, 2.24) is 20.2 Å². The molecule has 174 valence electrons. The highest BCUT2D eigenvalue weighted by Gasteiger charge is 2.27. The van der Waals surface area contributed by atoms with Gasteiger partial charge in [-0.25, -0.2) is 9.61 Å². The van der Waals surface area contributed by atoms with Crippen molar-refractivity contribution in [1.29, 1.82) is 0 Å². The van der Waals surface area contributed by atoms with Crippen LogP contribution in [0.4, 0.5) is 5.69 Å². The summed E-state index contributed by atoms with van der Waals surface area (Å²) < 4.78 is 10.1. The second-order valence-corrected chi connectivity index (χ2v) is 9.10. The van der Waals surface area contributed by atoms with E-state index in [2.05, 4.69) is 20.6 Å². The molecule has 0 aliphatic carbocycles. The number of likely N-dealkylation sites (tertiary alicyclic amines) is 1. The van der Waals surface area contributed by atoms with Crippen molar-refractivity contribution < 1.29 is 19.0 Å². The number of benzene rings is 2. The molecule has 3 heterocycles. The molecule has 0 bridgehead atoms. The normalized spacial score (nSPS) is 14.4. The summed E-state index contributed by atoms with van der Waals surface area (Å²) >= 11 is 1.49. The average Bonchev–Trinajstić information content (AvgIpc) is 3.54. The van der Waals surface area contributed by atoms with E-state index >= 15 is 0 Å². The maximum atomic E-state index is 12.9. The van der Waals surface area contributed by atoms with E-state index in [0.29, 0.717) is 46.8 Å². The highest BCUT2D eigenvalue weighted by Crippen LogP contribution is 2.32. The molecule has 1 N–H and O–H groups in total. The number of rotatable bonds is 5. The lowest BCUT2D eigenvalue weighted by Crippen LogP contribution is -2.37. The number of nitrogens with zero attached hydrogens (tertiary/aromatic N) is 4. The fourth-order valence-electron chi connectivity index (χ4n) is 4.16. The maximum Gasteiger partial charge on any atom is 0.275 e. The van der Waals surface area contributed by atoms with Crippen molar-refractivity contribution in [3.8, 4) is 5.75 Å². The lowest BCUT2D eigenvalue weighted by Gasteiger charge is -2.31. The summed E-state index contributed by atoms with van der Waals surface area (Å²) in [6.07, 6.45) is 1.58. The molecule has 2 aromatic heterocycles. The molecule has 34 heavy (non-hydrogen) atoms. The molecular weight excluding hydrogens is 454 g/mol. The van der Waals surface area contributed by atoms with E-state index in [1.54, 1.807) is 30.7 Å². The molecule has 1 saturated heterocycles. The van der Waals surface area contributed by atoms with Crippen LogP contribution in [0.2, 0.25) is 0 Å². The number of piperidine rings is 1. The van der Waals surface area contributed by atoms with E-state index in [-0.39, 0.29) is 17.7 Å². The number of methoxy groups -OCH3 is 1. The van der Waals surface area contributed by atoms with Crippen molar-refractivity contribution >= 4 is 39.9 Å². The van der Waals surface area contributed by atoms with Gasteiger partial charge < -0.3 is 15.0 Å². The second kappa shape index (κ2) is 9.22. The monoisotopic (exact) mass is 477 g/mol. The largest absolute Gasteiger partial charge is 0.495 e. The maximum absolute atomic E-state index is 12.9. The van der Waals surface area contributed by atoms with Crippen molar-refractivity contribution in [2.24, 2.45) is 0 Å². The van der Waals surface area contributed by atoms with Crippen molar-refractivity contribution in [2.75, 3.05) is 25.5 Å². The molecule has 4 aromatic rings. The molecule has 10 heteroatoms. The first kappa shape index (κ1) is 22.0. The number of aromatic nitrogens is 3. The van der Waals surface area contributed by atoms with Crippen LogP contribution in [0, 0.1) is 6.92 Å². The van der Waals surface area contributed by atoms with Gasteiger partial charge in [-0.3, -0.25) is 9.59 Å². The number of hydrogen-bond donors (Lipinski definition) is 1. The molecule has 0 radical (unpaired) electrons. The molecular formula is C24H23N5O4S. The molecule has 0 spiro atoms. The van der Waals surface area contributed by atoms with Gasteiger partial charge in [-0.05, 0) is 59.9 Å². The Balaban J connectivity index is 1.22. The predicted molar refractivity (Wildman–Crippen MR) is 127 cm³/mol. The summed E-state index contributed by atoms with van der Waals surface area (Å²) in [5, 5.41) is 13.2. The summed E-state index contributed by atoms with van der Waals surface area (Å²) in [5.41, 5.74) is 3.72. The Morgan fingerprint density at radius 2 is 1.94 bits per heavy atom. The number of carbonyl (C=O) groups is 2. The summed E-state index contributed by atoms with van der Waals surface area (Å²) in [5.74, 6) is 0.529. The van der Waals surface area contributed by atoms with Gasteiger partial charge in [-0.2, -0.15) is 0 Å². The lowest BCUT2D eigenvalue weighted by molar-refractivity contribution is 0.0713. The van der Waals surface area contributed by atoms with Gasteiger partial charge in [0.1, 0.15) is 22.5 Å². The highest BCUT2D eigenvalue weighted by molar-refractivity contribution is 7.10. The van der Waals surface area contributed by atoms with Crippen molar-refractivity contribution in [2.45, 2.75) is 25.7 Å². The van der Waals surface area contributed by atoms with Crippen LogP contribution in [0.3, 0.4) is 0 Å². The SMILES string of the molecule is COc1cccc(C)c1NC(=O)c1csc(C2CCN(C(=O)c3ccc4nonc4c3)CC2)n1. The number of ether oxygens (including phenoxy) is 1. The smallest absolute Gasteiger partial charge is 0.275 e. The minimum Gasteiger partial charge on any atom is -0.495 e. The van der Waals surface area contributed by atoms with E-state index in [4.69, 9.17) is 9.37 Å². The predicted octanol–water partition coefficient (Wildman–Crippen LogP) is 4.27. The van der Waals surface area contributed by atoms with E-state index in [1.807, 2.05) is 30.0 Å². The summed E-state index contributed by atoms with van der Waals surface area (Å²) in [6.45, 7) is 3.17. The van der Waals surface area contributed by atoms with E-state index in [0.717, 1.165) is 23.4 Å². The van der Waals surface area contributed by atoms with Gasteiger partial charge in [0.2, 0.25) is 0 Å². The third-order valence-corrected chi connectivity index (χ3v) is 7.09. The average molecular weight is 478 g/mol. The van der Waals surface area contributed by atoms with Gasteiger partial charge in [0.25, 0.3) is 11.8 Å². The number of para-hydroxylation sites is 1.